The van der Waals surface area contributed by atoms with E-state index in [1.165, 1.54) is 5.56 Å². The Bertz CT molecular complexity index is 805. The minimum absolute atomic E-state index is 0.223. The number of pyridine rings is 1. The lowest BCUT2D eigenvalue weighted by molar-refractivity contribution is -0.307. The highest BCUT2D eigenvalue weighted by atomic mass is 16.3. The summed E-state index contributed by atoms with van der Waals surface area (Å²) in [5.41, 5.74) is 0.981. The van der Waals surface area contributed by atoms with E-state index in [4.69, 9.17) is 0 Å². The molecule has 0 atom stereocenters. The second-order valence-corrected chi connectivity index (χ2v) is 9.63. The summed E-state index contributed by atoms with van der Waals surface area (Å²) < 4.78 is 0. The van der Waals surface area contributed by atoms with Crippen LogP contribution in [-0.2, 0) is 5.60 Å². The Morgan fingerprint density at radius 1 is 0.893 bits per heavy atom. The van der Waals surface area contributed by atoms with Gasteiger partial charge in [-0.25, -0.2) is 4.98 Å². The van der Waals surface area contributed by atoms with Crippen LogP contribution >= 0.6 is 0 Å². The zero-order chi connectivity index (χ0) is 20.2. The average molecular weight is 380 g/mol. The molecule has 0 spiro atoms. The van der Waals surface area contributed by atoms with Crippen LogP contribution < -0.4 is 4.90 Å². The first-order chi connectivity index (χ1) is 13.2. The van der Waals surface area contributed by atoms with Crippen LogP contribution in [0.1, 0.15) is 38.8 Å². The molecule has 1 saturated heterocycles. The highest BCUT2D eigenvalue weighted by molar-refractivity contribution is 5.40. The Kier molecular flexibility index (Phi) is 4.55. The van der Waals surface area contributed by atoms with E-state index in [9.17, 15) is 5.11 Å². The van der Waals surface area contributed by atoms with Crippen LogP contribution in [0, 0.1) is 17.8 Å². The van der Waals surface area contributed by atoms with Gasteiger partial charge < -0.3 is 10.0 Å². The van der Waals surface area contributed by atoms with Gasteiger partial charge in [0.25, 0.3) is 0 Å². The van der Waals surface area contributed by atoms with E-state index in [1.807, 2.05) is 12.3 Å². The van der Waals surface area contributed by atoms with Crippen molar-refractivity contribution < 1.29 is 5.11 Å². The molecule has 2 aromatic rings. The summed E-state index contributed by atoms with van der Waals surface area (Å²) in [6, 6.07) is 14.9. The number of anilines is 1. The predicted octanol–water partition coefficient (Wildman–Crippen LogP) is 3.83. The highest BCUT2D eigenvalue weighted by Gasteiger charge is 2.73. The number of aliphatic hydroxyl groups is 1. The lowest BCUT2D eigenvalue weighted by atomic mass is 9.39. The molecular weight excluding hydrogens is 346 g/mol. The maximum absolute atomic E-state index is 11.9. The van der Waals surface area contributed by atoms with Crippen molar-refractivity contribution in [2.24, 2.45) is 10.8 Å². The summed E-state index contributed by atoms with van der Waals surface area (Å²) in [5.74, 6) is 1.06. The SMILES string of the molecule is Cc1ccc(C2(O)C(C)(C)C(N3CCN(c4ccccn4)CC3)C2(C)C)cc1. The molecule has 0 radical (unpaired) electrons. The van der Waals surface area contributed by atoms with Gasteiger partial charge in [-0.2, -0.15) is 0 Å². The van der Waals surface area contributed by atoms with Crippen molar-refractivity contribution in [3.63, 3.8) is 0 Å². The molecule has 150 valence electrons. The third-order valence-electron chi connectivity index (χ3n) is 7.35. The smallest absolute Gasteiger partial charge is 0.128 e. The molecule has 2 fully saturated rings. The molecule has 0 unspecified atom stereocenters. The molecule has 1 aromatic heterocycles. The second-order valence-electron chi connectivity index (χ2n) is 9.63. The summed E-state index contributed by atoms with van der Waals surface area (Å²) in [7, 11) is 0. The highest BCUT2D eigenvalue weighted by Crippen LogP contribution is 2.68. The molecule has 1 aliphatic heterocycles. The van der Waals surface area contributed by atoms with Crippen molar-refractivity contribution in [3.8, 4) is 0 Å². The molecule has 4 heteroatoms. The summed E-state index contributed by atoms with van der Waals surface area (Å²) in [4.78, 5) is 9.45. The van der Waals surface area contributed by atoms with Gasteiger partial charge in [-0.1, -0.05) is 63.6 Å². The van der Waals surface area contributed by atoms with Crippen molar-refractivity contribution in [3.05, 3.63) is 59.8 Å². The average Bonchev–Trinajstić information content (AvgIpc) is 2.68. The molecule has 28 heavy (non-hydrogen) atoms. The van der Waals surface area contributed by atoms with Crippen molar-refractivity contribution in [1.29, 1.82) is 0 Å². The minimum Gasteiger partial charge on any atom is -0.384 e. The van der Waals surface area contributed by atoms with Crippen molar-refractivity contribution >= 4 is 5.82 Å². The lowest BCUT2D eigenvalue weighted by Gasteiger charge is -2.72. The number of aromatic nitrogens is 1. The Morgan fingerprint density at radius 2 is 1.50 bits per heavy atom. The third-order valence-corrected chi connectivity index (χ3v) is 7.35. The first-order valence-corrected chi connectivity index (χ1v) is 10.4. The van der Waals surface area contributed by atoms with Gasteiger partial charge in [-0.05, 0) is 24.6 Å². The molecule has 1 N–H and O–H groups in total. The lowest BCUT2D eigenvalue weighted by Crippen LogP contribution is -2.79. The molecule has 0 amide bonds. The van der Waals surface area contributed by atoms with Crippen molar-refractivity contribution in [2.45, 2.75) is 46.3 Å². The molecule has 4 rings (SSSR count). The number of aryl methyl sites for hydroxylation is 1. The predicted molar refractivity (Wildman–Crippen MR) is 114 cm³/mol. The quantitative estimate of drug-likeness (QED) is 0.880. The van der Waals surface area contributed by atoms with Gasteiger partial charge in [0.2, 0.25) is 0 Å². The second kappa shape index (κ2) is 6.57. The number of hydrogen-bond acceptors (Lipinski definition) is 4. The van der Waals surface area contributed by atoms with E-state index in [0.717, 1.165) is 37.6 Å². The van der Waals surface area contributed by atoms with Crippen LogP contribution in [0.4, 0.5) is 5.82 Å². The Labute approximate surface area is 169 Å². The topological polar surface area (TPSA) is 39.6 Å². The standard InChI is InChI=1S/C24H33N3O/c1-18-9-11-19(12-10-18)24(28)22(2,3)21(23(24,4)5)27-16-14-26(15-17-27)20-8-6-7-13-25-20/h6-13,21,28H,14-17H2,1-5H3. The van der Waals surface area contributed by atoms with Gasteiger partial charge in [-0.15, -0.1) is 0 Å². The van der Waals surface area contributed by atoms with Crippen LogP contribution in [0.15, 0.2) is 48.7 Å². The molecule has 1 aromatic carbocycles. The number of benzene rings is 1. The van der Waals surface area contributed by atoms with Crippen LogP contribution in [0.5, 0.6) is 0 Å². The van der Waals surface area contributed by atoms with Crippen LogP contribution in [0.25, 0.3) is 0 Å². The Hall–Kier alpha value is -1.91. The van der Waals surface area contributed by atoms with E-state index < -0.39 is 5.60 Å². The monoisotopic (exact) mass is 379 g/mol. The summed E-state index contributed by atoms with van der Waals surface area (Å²) in [6.45, 7) is 15.0. The fourth-order valence-corrected chi connectivity index (χ4v) is 6.25. The van der Waals surface area contributed by atoms with Crippen molar-refractivity contribution in [2.75, 3.05) is 31.1 Å². The number of hydrogen-bond donors (Lipinski definition) is 1. The van der Waals surface area contributed by atoms with E-state index in [0.29, 0.717) is 6.04 Å². The number of piperazine rings is 1. The van der Waals surface area contributed by atoms with Gasteiger partial charge in [0.15, 0.2) is 0 Å². The summed E-state index contributed by atoms with van der Waals surface area (Å²) >= 11 is 0. The van der Waals surface area contributed by atoms with E-state index >= 15 is 0 Å². The molecule has 1 aliphatic carbocycles. The molecule has 2 heterocycles. The maximum Gasteiger partial charge on any atom is 0.128 e. The normalized spacial score (nSPS) is 29.4. The molecule has 2 aliphatic rings. The first kappa shape index (κ1) is 19.4. The summed E-state index contributed by atoms with van der Waals surface area (Å²) in [5, 5.41) is 11.9. The van der Waals surface area contributed by atoms with Gasteiger partial charge in [-0.3, -0.25) is 4.90 Å². The molecular formula is C24H33N3O. The van der Waals surface area contributed by atoms with Crippen LogP contribution in [0.2, 0.25) is 0 Å². The largest absolute Gasteiger partial charge is 0.384 e. The molecule has 1 saturated carbocycles. The Morgan fingerprint density at radius 3 is 2.04 bits per heavy atom. The van der Waals surface area contributed by atoms with Crippen LogP contribution in [-0.4, -0.2) is 47.2 Å². The summed E-state index contributed by atoms with van der Waals surface area (Å²) in [6.07, 6.45) is 1.86. The fraction of sp³-hybridized carbons (Fsp3) is 0.542. The van der Waals surface area contributed by atoms with E-state index in [2.05, 4.69) is 85.8 Å². The van der Waals surface area contributed by atoms with Crippen molar-refractivity contribution in [1.82, 2.24) is 9.88 Å². The zero-order valence-corrected chi connectivity index (χ0v) is 17.8. The van der Waals surface area contributed by atoms with Gasteiger partial charge in [0.1, 0.15) is 11.4 Å². The van der Waals surface area contributed by atoms with Crippen LogP contribution in [0.3, 0.4) is 0 Å². The fourth-order valence-electron chi connectivity index (χ4n) is 6.25. The third kappa shape index (κ3) is 2.61. The minimum atomic E-state index is -0.837. The zero-order valence-electron chi connectivity index (χ0n) is 17.8. The van der Waals surface area contributed by atoms with Gasteiger partial charge >= 0.3 is 0 Å². The number of rotatable bonds is 3. The Balaban J connectivity index is 1.54. The van der Waals surface area contributed by atoms with E-state index in [1.54, 1.807) is 0 Å². The molecule has 4 nitrogen and oxygen atoms in total. The van der Waals surface area contributed by atoms with E-state index in [-0.39, 0.29) is 10.8 Å². The number of nitrogens with zero attached hydrogens (tertiary/aromatic N) is 3. The maximum atomic E-state index is 11.9. The molecule has 0 bridgehead atoms. The van der Waals surface area contributed by atoms with Gasteiger partial charge in [0.05, 0.1) is 0 Å². The first-order valence-electron chi connectivity index (χ1n) is 10.4. The van der Waals surface area contributed by atoms with Gasteiger partial charge in [0, 0.05) is 49.2 Å².